The fourth-order valence-electron chi connectivity index (χ4n) is 3.61. The van der Waals surface area contributed by atoms with Crippen LogP contribution in [0.3, 0.4) is 0 Å². The van der Waals surface area contributed by atoms with E-state index < -0.39 is 12.9 Å². The van der Waals surface area contributed by atoms with Gasteiger partial charge in [-0.25, -0.2) is 4.39 Å². The third-order valence-corrected chi connectivity index (χ3v) is 5.12. The minimum absolute atomic E-state index is 0.0415. The molecule has 1 aliphatic carbocycles. The summed E-state index contributed by atoms with van der Waals surface area (Å²) in [5.41, 5.74) is 0.912. The Hall–Kier alpha value is -0.865. The van der Waals surface area contributed by atoms with E-state index in [1.165, 1.54) is 57.1 Å². The van der Waals surface area contributed by atoms with Crippen LogP contribution in [0.5, 0.6) is 0 Å². The minimum atomic E-state index is -1.73. The second-order valence-corrected chi connectivity index (χ2v) is 6.80. The van der Waals surface area contributed by atoms with Crippen LogP contribution in [-0.2, 0) is 6.42 Å². The topological polar surface area (TPSA) is 40.5 Å². The molecule has 0 amide bonds. The number of rotatable bonds is 7. The van der Waals surface area contributed by atoms with Gasteiger partial charge in [0, 0.05) is 5.46 Å². The molecule has 2 N–H and O–H groups in total. The van der Waals surface area contributed by atoms with Gasteiger partial charge in [0.05, 0.1) is 0 Å². The molecule has 1 aliphatic rings. The summed E-state index contributed by atoms with van der Waals surface area (Å²) in [6, 6.07) is 4.74. The monoisotopic (exact) mass is 306 g/mol. The Morgan fingerprint density at radius 1 is 1.09 bits per heavy atom. The van der Waals surface area contributed by atoms with Gasteiger partial charge in [0.25, 0.3) is 0 Å². The van der Waals surface area contributed by atoms with Crippen LogP contribution in [0, 0.1) is 17.7 Å². The van der Waals surface area contributed by atoms with Gasteiger partial charge >= 0.3 is 7.12 Å². The molecule has 2 rings (SSSR count). The summed E-state index contributed by atoms with van der Waals surface area (Å²) < 4.78 is 13.7. The van der Waals surface area contributed by atoms with Gasteiger partial charge in [-0.3, -0.25) is 0 Å². The Kier molecular flexibility index (Phi) is 6.90. The lowest BCUT2D eigenvalue weighted by atomic mass is 9.77. The molecule has 0 bridgehead atoms. The summed E-state index contributed by atoms with van der Waals surface area (Å²) in [6.45, 7) is 2.26. The molecule has 2 nitrogen and oxygen atoms in total. The van der Waals surface area contributed by atoms with Crippen LogP contribution in [0.25, 0.3) is 0 Å². The third-order valence-electron chi connectivity index (χ3n) is 5.12. The van der Waals surface area contributed by atoms with Crippen molar-refractivity contribution in [1.82, 2.24) is 0 Å². The lowest BCUT2D eigenvalue weighted by molar-refractivity contribution is 0.250. The Bertz CT molecular complexity index is 456. The van der Waals surface area contributed by atoms with Crippen molar-refractivity contribution in [3.63, 3.8) is 0 Å². The summed E-state index contributed by atoms with van der Waals surface area (Å²) in [6.07, 6.45) is 11.4. The van der Waals surface area contributed by atoms with Crippen molar-refractivity contribution >= 4 is 12.6 Å². The molecule has 0 aliphatic heterocycles. The molecule has 1 aromatic rings. The maximum atomic E-state index is 13.7. The van der Waals surface area contributed by atoms with E-state index in [1.807, 2.05) is 6.07 Å². The number of aryl methyl sites for hydroxylation is 1. The van der Waals surface area contributed by atoms with Crippen molar-refractivity contribution in [3.8, 4) is 0 Å². The molecule has 0 saturated heterocycles. The highest BCUT2D eigenvalue weighted by Crippen LogP contribution is 2.34. The fourth-order valence-corrected chi connectivity index (χ4v) is 3.61. The quantitative estimate of drug-likeness (QED) is 0.758. The van der Waals surface area contributed by atoms with Crippen LogP contribution < -0.4 is 5.46 Å². The number of benzene rings is 1. The fraction of sp³-hybridized carbons (Fsp3) is 0.667. The van der Waals surface area contributed by atoms with Crippen molar-refractivity contribution in [2.45, 2.75) is 64.7 Å². The second-order valence-electron chi connectivity index (χ2n) is 6.80. The second kappa shape index (κ2) is 8.69. The van der Waals surface area contributed by atoms with Gasteiger partial charge in [-0.05, 0) is 36.3 Å². The van der Waals surface area contributed by atoms with Gasteiger partial charge in [0.2, 0.25) is 0 Å². The predicted octanol–water partition coefficient (Wildman–Crippen LogP) is 3.43. The van der Waals surface area contributed by atoms with Crippen molar-refractivity contribution in [1.29, 1.82) is 0 Å². The predicted molar refractivity (Wildman–Crippen MR) is 89.5 cm³/mol. The molecule has 0 heterocycles. The van der Waals surface area contributed by atoms with E-state index in [2.05, 4.69) is 6.92 Å². The van der Waals surface area contributed by atoms with Gasteiger partial charge in [0.1, 0.15) is 5.82 Å². The summed E-state index contributed by atoms with van der Waals surface area (Å²) in [5, 5.41) is 18.1. The number of halogens is 1. The van der Waals surface area contributed by atoms with Crippen molar-refractivity contribution in [2.75, 3.05) is 0 Å². The van der Waals surface area contributed by atoms with E-state index in [4.69, 9.17) is 10.0 Å². The third kappa shape index (κ3) is 5.10. The molecule has 4 heteroatoms. The summed E-state index contributed by atoms with van der Waals surface area (Å²) in [5.74, 6) is 1.18. The van der Waals surface area contributed by atoms with E-state index in [0.29, 0.717) is 0 Å². The zero-order valence-corrected chi connectivity index (χ0v) is 13.6. The van der Waals surface area contributed by atoms with Crippen molar-refractivity contribution in [2.24, 2.45) is 11.8 Å². The molecule has 0 atom stereocenters. The van der Waals surface area contributed by atoms with Crippen LogP contribution in [0.1, 0.15) is 63.9 Å². The molecule has 1 saturated carbocycles. The number of hydrogen-bond acceptors (Lipinski definition) is 2. The van der Waals surface area contributed by atoms with Crippen LogP contribution in [0.4, 0.5) is 4.39 Å². The summed E-state index contributed by atoms with van der Waals surface area (Å²) in [7, 11) is -1.73. The Labute approximate surface area is 133 Å². The molecule has 0 radical (unpaired) electrons. The van der Waals surface area contributed by atoms with E-state index in [9.17, 15) is 4.39 Å². The Balaban J connectivity index is 1.76. The van der Waals surface area contributed by atoms with E-state index in [-0.39, 0.29) is 5.46 Å². The molecule has 122 valence electrons. The van der Waals surface area contributed by atoms with Gasteiger partial charge in [-0.1, -0.05) is 64.0 Å². The van der Waals surface area contributed by atoms with Crippen LogP contribution in [0.15, 0.2) is 18.2 Å². The van der Waals surface area contributed by atoms with E-state index in [0.717, 1.165) is 30.2 Å². The highest BCUT2D eigenvalue weighted by molar-refractivity contribution is 6.58. The maximum Gasteiger partial charge on any atom is 0.491 e. The highest BCUT2D eigenvalue weighted by atomic mass is 19.1. The maximum absolute atomic E-state index is 13.7. The summed E-state index contributed by atoms with van der Waals surface area (Å²) in [4.78, 5) is 0. The number of hydrogen-bond donors (Lipinski definition) is 2. The van der Waals surface area contributed by atoms with Crippen molar-refractivity contribution < 1.29 is 14.4 Å². The average Bonchev–Trinajstić information content (AvgIpc) is 2.51. The molecule has 1 fully saturated rings. The van der Waals surface area contributed by atoms with Crippen LogP contribution >= 0.6 is 0 Å². The van der Waals surface area contributed by atoms with Crippen molar-refractivity contribution in [3.05, 3.63) is 29.6 Å². The molecule has 0 aromatic heterocycles. The minimum Gasteiger partial charge on any atom is -0.423 e. The lowest BCUT2D eigenvalue weighted by Crippen LogP contribution is -2.32. The first-order valence-electron chi connectivity index (χ1n) is 8.74. The normalized spacial score (nSPS) is 21.8. The summed E-state index contributed by atoms with van der Waals surface area (Å²) >= 11 is 0. The standard InChI is InChI=1S/C18H28BFO2/c1-2-3-4-14-5-7-15(8-6-14)9-10-16-11-12-17(19(21)22)18(20)13-16/h11-15,21-22H,2-10H2,1H3. The molecule has 0 spiro atoms. The highest BCUT2D eigenvalue weighted by Gasteiger charge is 2.21. The molecule has 1 aromatic carbocycles. The van der Waals surface area contributed by atoms with Gasteiger partial charge in [0.15, 0.2) is 0 Å². The van der Waals surface area contributed by atoms with Crippen LogP contribution in [0.2, 0.25) is 0 Å². The zero-order chi connectivity index (χ0) is 15.9. The number of unbranched alkanes of at least 4 members (excludes halogenated alkanes) is 1. The first-order valence-corrected chi connectivity index (χ1v) is 8.74. The Morgan fingerprint density at radius 3 is 2.27 bits per heavy atom. The molecule has 0 unspecified atom stereocenters. The van der Waals surface area contributed by atoms with Gasteiger partial charge < -0.3 is 10.0 Å². The van der Waals surface area contributed by atoms with E-state index in [1.54, 1.807) is 0 Å². The zero-order valence-electron chi connectivity index (χ0n) is 13.6. The van der Waals surface area contributed by atoms with E-state index >= 15 is 0 Å². The average molecular weight is 306 g/mol. The first kappa shape index (κ1) is 17.5. The first-order chi connectivity index (χ1) is 10.6. The molecular weight excluding hydrogens is 278 g/mol. The SMILES string of the molecule is CCCCC1CCC(CCc2ccc(B(O)O)c(F)c2)CC1. The largest absolute Gasteiger partial charge is 0.491 e. The lowest BCUT2D eigenvalue weighted by Gasteiger charge is -2.28. The van der Waals surface area contributed by atoms with Gasteiger partial charge in [-0.15, -0.1) is 0 Å². The smallest absolute Gasteiger partial charge is 0.423 e. The molecular formula is C18H28BFO2. The molecule has 22 heavy (non-hydrogen) atoms. The van der Waals surface area contributed by atoms with Gasteiger partial charge in [-0.2, -0.15) is 0 Å². The van der Waals surface area contributed by atoms with Crippen LogP contribution in [-0.4, -0.2) is 17.2 Å². The Morgan fingerprint density at radius 2 is 1.73 bits per heavy atom.